The molecule has 1 aromatic carbocycles. The largest absolute Gasteiger partial charge is 0.462 e. The van der Waals surface area contributed by atoms with Crippen molar-refractivity contribution in [2.24, 2.45) is 11.3 Å². The highest BCUT2D eigenvalue weighted by Gasteiger charge is 2.47. The summed E-state index contributed by atoms with van der Waals surface area (Å²) >= 11 is 3.62. The summed E-state index contributed by atoms with van der Waals surface area (Å²) in [5.41, 5.74) is 2.63. The molecule has 0 fully saturated rings. The van der Waals surface area contributed by atoms with Crippen molar-refractivity contribution < 1.29 is 23.8 Å². The molecule has 2 aliphatic heterocycles. The Bertz CT molecular complexity index is 978. The minimum atomic E-state index is -0.729. The third-order valence-corrected chi connectivity index (χ3v) is 6.37. The van der Waals surface area contributed by atoms with Crippen molar-refractivity contribution in [1.82, 2.24) is 5.32 Å². The molecule has 0 saturated heterocycles. The van der Waals surface area contributed by atoms with Crippen LogP contribution in [0.2, 0.25) is 0 Å². The average molecular weight is 476 g/mol. The Morgan fingerprint density at radius 1 is 1.27 bits per heavy atom. The van der Waals surface area contributed by atoms with Gasteiger partial charge in [-0.15, -0.1) is 0 Å². The standard InChI is InChI=1S/C23H26BrNO5/c1-11(2)30-22(27)19-12(3)25-15-8-23(4,5)9-16(26)21(15)20(19)13-6-17-18(7-14(13)24)29-10-28-17/h6-7,11,19-20,25H,3,8-10H2,1-2,4-5H3. The Hall–Kier alpha value is -2.28. The second kappa shape index (κ2) is 7.45. The summed E-state index contributed by atoms with van der Waals surface area (Å²) in [5, 5.41) is 3.27. The quantitative estimate of drug-likeness (QED) is 0.644. The van der Waals surface area contributed by atoms with Crippen LogP contribution >= 0.6 is 15.9 Å². The molecular formula is C23H26BrNO5. The Morgan fingerprint density at radius 3 is 2.60 bits per heavy atom. The Kier molecular flexibility index (Phi) is 5.21. The van der Waals surface area contributed by atoms with Crippen molar-refractivity contribution >= 4 is 27.7 Å². The van der Waals surface area contributed by atoms with Crippen molar-refractivity contribution in [1.29, 1.82) is 0 Å². The van der Waals surface area contributed by atoms with Gasteiger partial charge in [0.15, 0.2) is 17.3 Å². The molecule has 0 amide bonds. The van der Waals surface area contributed by atoms with Gasteiger partial charge >= 0.3 is 5.97 Å². The van der Waals surface area contributed by atoms with Crippen LogP contribution < -0.4 is 14.8 Å². The molecule has 160 valence electrons. The van der Waals surface area contributed by atoms with Crippen LogP contribution in [0, 0.1) is 11.3 Å². The van der Waals surface area contributed by atoms with E-state index in [-0.39, 0.29) is 24.1 Å². The average Bonchev–Trinajstić information content (AvgIpc) is 3.04. The number of hydrogen-bond acceptors (Lipinski definition) is 6. The number of nitrogens with one attached hydrogen (secondary N) is 1. The molecule has 4 rings (SSSR count). The van der Waals surface area contributed by atoms with Crippen molar-refractivity contribution in [2.75, 3.05) is 6.79 Å². The van der Waals surface area contributed by atoms with Gasteiger partial charge < -0.3 is 19.5 Å². The minimum Gasteiger partial charge on any atom is -0.462 e. The predicted molar refractivity (Wildman–Crippen MR) is 115 cm³/mol. The number of carbonyl (C=O) groups is 2. The van der Waals surface area contributed by atoms with Gasteiger partial charge in [0.05, 0.1) is 6.10 Å². The summed E-state index contributed by atoms with van der Waals surface area (Å²) in [6.07, 6.45) is 0.852. The maximum atomic E-state index is 13.3. The van der Waals surface area contributed by atoms with Crippen LogP contribution in [0.25, 0.3) is 0 Å². The van der Waals surface area contributed by atoms with E-state index in [1.165, 1.54) is 0 Å². The second-order valence-corrected chi connectivity index (χ2v) is 10.0. The number of ketones is 1. The van der Waals surface area contributed by atoms with E-state index >= 15 is 0 Å². The number of carbonyl (C=O) groups excluding carboxylic acids is 2. The molecule has 0 aromatic heterocycles. The number of Topliss-reactive ketones (excluding diaryl/α,β-unsaturated/α-hetero) is 1. The minimum absolute atomic E-state index is 0.0400. The molecule has 3 aliphatic rings. The zero-order valence-corrected chi connectivity index (χ0v) is 19.2. The van der Waals surface area contributed by atoms with Crippen molar-refractivity contribution in [3.63, 3.8) is 0 Å². The van der Waals surface area contributed by atoms with Gasteiger partial charge in [-0.2, -0.15) is 0 Å². The van der Waals surface area contributed by atoms with Gasteiger partial charge in [-0.1, -0.05) is 36.4 Å². The normalized spacial score (nSPS) is 24.6. The van der Waals surface area contributed by atoms with Crippen LogP contribution in [0.5, 0.6) is 11.5 Å². The fraction of sp³-hybridized carbons (Fsp3) is 0.478. The number of fused-ring (bicyclic) bond motifs is 1. The van der Waals surface area contributed by atoms with Crippen LogP contribution in [0.3, 0.4) is 0 Å². The Labute approximate surface area is 184 Å². The van der Waals surface area contributed by atoms with E-state index in [0.717, 1.165) is 15.7 Å². The van der Waals surface area contributed by atoms with Crippen LogP contribution in [-0.2, 0) is 14.3 Å². The van der Waals surface area contributed by atoms with Crippen molar-refractivity contribution in [3.8, 4) is 11.5 Å². The van der Waals surface area contributed by atoms with E-state index < -0.39 is 17.8 Å². The molecule has 2 atom stereocenters. The summed E-state index contributed by atoms with van der Waals surface area (Å²) in [7, 11) is 0. The van der Waals surface area contributed by atoms with Gasteiger partial charge in [-0.3, -0.25) is 9.59 Å². The number of esters is 1. The van der Waals surface area contributed by atoms with E-state index in [4.69, 9.17) is 14.2 Å². The number of halogens is 1. The number of allylic oxidation sites excluding steroid dienone is 2. The summed E-state index contributed by atoms with van der Waals surface area (Å²) in [6.45, 7) is 12.0. The molecule has 0 radical (unpaired) electrons. The van der Waals surface area contributed by atoms with E-state index in [9.17, 15) is 9.59 Å². The van der Waals surface area contributed by atoms with Gasteiger partial charge in [0.2, 0.25) is 6.79 Å². The molecule has 0 bridgehead atoms. The highest BCUT2D eigenvalue weighted by atomic mass is 79.9. The first kappa shape index (κ1) is 21.0. The lowest BCUT2D eigenvalue weighted by Crippen LogP contribution is -2.44. The molecule has 6 nitrogen and oxygen atoms in total. The maximum absolute atomic E-state index is 13.3. The summed E-state index contributed by atoms with van der Waals surface area (Å²) < 4.78 is 17.3. The van der Waals surface area contributed by atoms with Crippen molar-refractivity contribution in [2.45, 2.75) is 52.6 Å². The van der Waals surface area contributed by atoms with Gasteiger partial charge in [0.1, 0.15) is 5.92 Å². The van der Waals surface area contributed by atoms with Crippen molar-refractivity contribution in [3.05, 3.63) is 45.7 Å². The Morgan fingerprint density at radius 2 is 1.93 bits per heavy atom. The summed E-state index contributed by atoms with van der Waals surface area (Å²) in [5.74, 6) is -0.385. The molecule has 1 N–H and O–H groups in total. The highest BCUT2D eigenvalue weighted by molar-refractivity contribution is 9.10. The number of rotatable bonds is 3. The van der Waals surface area contributed by atoms with Gasteiger partial charge in [-0.05, 0) is 43.4 Å². The monoisotopic (exact) mass is 475 g/mol. The second-order valence-electron chi connectivity index (χ2n) is 9.15. The van der Waals surface area contributed by atoms with Crippen LogP contribution in [0.1, 0.15) is 52.0 Å². The Balaban J connectivity index is 1.89. The number of ether oxygens (including phenoxy) is 3. The summed E-state index contributed by atoms with van der Waals surface area (Å²) in [6, 6.07) is 3.67. The fourth-order valence-electron chi connectivity index (χ4n) is 4.54. The topological polar surface area (TPSA) is 73.9 Å². The van der Waals surface area contributed by atoms with E-state index in [0.29, 0.717) is 35.6 Å². The van der Waals surface area contributed by atoms with Crippen LogP contribution in [0.15, 0.2) is 40.2 Å². The number of hydrogen-bond donors (Lipinski definition) is 1. The highest BCUT2D eigenvalue weighted by Crippen LogP contribution is 2.51. The fourth-order valence-corrected chi connectivity index (χ4v) is 5.11. The zero-order chi connectivity index (χ0) is 21.8. The van der Waals surface area contributed by atoms with Gasteiger partial charge in [-0.25, -0.2) is 0 Å². The predicted octanol–water partition coefficient (Wildman–Crippen LogP) is 4.59. The van der Waals surface area contributed by atoms with Crippen LogP contribution in [-0.4, -0.2) is 24.6 Å². The lowest BCUT2D eigenvalue weighted by Gasteiger charge is -2.42. The first-order valence-electron chi connectivity index (χ1n) is 10.1. The van der Waals surface area contributed by atoms with Crippen LogP contribution in [0.4, 0.5) is 0 Å². The van der Waals surface area contributed by atoms with Gasteiger partial charge in [0, 0.05) is 33.8 Å². The smallest absolute Gasteiger partial charge is 0.316 e. The third-order valence-electron chi connectivity index (χ3n) is 5.68. The van der Waals surface area contributed by atoms with E-state index in [1.807, 2.05) is 12.1 Å². The maximum Gasteiger partial charge on any atom is 0.316 e. The lowest BCUT2D eigenvalue weighted by molar-refractivity contribution is -0.151. The number of benzene rings is 1. The van der Waals surface area contributed by atoms with Gasteiger partial charge in [0.25, 0.3) is 0 Å². The molecule has 1 aliphatic carbocycles. The molecule has 30 heavy (non-hydrogen) atoms. The first-order chi connectivity index (χ1) is 14.1. The SMILES string of the molecule is C=C1NC2=C(C(=O)CC(C)(C)C2)C(c2cc3c(cc2Br)OCO3)C1C(=O)OC(C)C. The first-order valence-corrected chi connectivity index (χ1v) is 10.9. The molecule has 2 heterocycles. The molecule has 1 aromatic rings. The molecule has 0 spiro atoms. The van der Waals surface area contributed by atoms with E-state index in [1.54, 1.807) is 13.8 Å². The summed E-state index contributed by atoms with van der Waals surface area (Å²) in [4.78, 5) is 26.4. The van der Waals surface area contributed by atoms with E-state index in [2.05, 4.69) is 41.7 Å². The third kappa shape index (κ3) is 3.64. The molecule has 0 saturated carbocycles. The molecule has 2 unspecified atom stereocenters. The molecular weight excluding hydrogens is 450 g/mol. The lowest BCUT2D eigenvalue weighted by atomic mass is 9.66. The zero-order valence-electron chi connectivity index (χ0n) is 17.6. The molecule has 7 heteroatoms.